The van der Waals surface area contributed by atoms with E-state index in [1.807, 2.05) is 60.8 Å². The third kappa shape index (κ3) is 4.74. The highest BCUT2D eigenvalue weighted by atomic mass is 32.1. The van der Waals surface area contributed by atoms with Gasteiger partial charge >= 0.3 is 5.97 Å². The number of thiazole rings is 2. The van der Waals surface area contributed by atoms with E-state index in [1.54, 1.807) is 0 Å². The second-order valence-electron chi connectivity index (χ2n) is 6.25. The van der Waals surface area contributed by atoms with Gasteiger partial charge in [0.25, 0.3) is 0 Å². The number of hydrogen-bond donors (Lipinski definition) is 0. The maximum Gasteiger partial charge on any atom is 0.312 e. The van der Waals surface area contributed by atoms with Crippen molar-refractivity contribution in [3.8, 4) is 5.75 Å². The summed E-state index contributed by atoms with van der Waals surface area (Å²) in [7, 11) is 0. The van der Waals surface area contributed by atoms with Gasteiger partial charge in [0.15, 0.2) is 0 Å². The van der Waals surface area contributed by atoms with Crippen LogP contribution >= 0.6 is 22.7 Å². The fourth-order valence-corrected chi connectivity index (χ4v) is 4.18. The summed E-state index contributed by atoms with van der Waals surface area (Å²) in [5.74, 6) is 0.494. The number of esters is 1. The molecule has 0 saturated carbocycles. The van der Waals surface area contributed by atoms with Crippen LogP contribution in [0.2, 0.25) is 0 Å². The lowest BCUT2D eigenvalue weighted by molar-refractivity contribution is -0.144. The molecule has 2 heterocycles. The van der Waals surface area contributed by atoms with Gasteiger partial charge in [0, 0.05) is 5.38 Å². The number of para-hydroxylation sites is 1. The number of carbonyl (C=O) groups excluding carboxylic acids is 1. The van der Waals surface area contributed by atoms with Crippen molar-refractivity contribution in [2.75, 3.05) is 0 Å². The van der Waals surface area contributed by atoms with Gasteiger partial charge in [-0.15, -0.1) is 22.7 Å². The first-order valence-corrected chi connectivity index (χ1v) is 10.5. The quantitative estimate of drug-likeness (QED) is 0.405. The van der Waals surface area contributed by atoms with E-state index in [2.05, 4.69) is 9.97 Å². The molecule has 0 fully saturated rings. The molecule has 4 rings (SSSR count). The molecule has 142 valence electrons. The zero-order valence-electron chi connectivity index (χ0n) is 15.3. The number of benzene rings is 2. The van der Waals surface area contributed by atoms with E-state index in [9.17, 15) is 4.79 Å². The molecule has 0 spiro atoms. The minimum atomic E-state index is -0.310. The molecule has 0 N–H and O–H groups in total. The lowest BCUT2D eigenvalue weighted by atomic mass is 10.2. The van der Waals surface area contributed by atoms with Crippen molar-refractivity contribution in [2.24, 2.45) is 0 Å². The Hall–Kier alpha value is -2.77. The highest BCUT2D eigenvalue weighted by Crippen LogP contribution is 2.22. The lowest BCUT2D eigenvalue weighted by Crippen LogP contribution is -2.08. The Morgan fingerprint density at radius 1 is 1.00 bits per heavy atom. The largest absolute Gasteiger partial charge is 0.486 e. The molecule has 2 aromatic heterocycles. The third-order valence-corrected chi connectivity index (χ3v) is 5.88. The number of hydrogen-bond acceptors (Lipinski definition) is 7. The number of rotatable bonds is 7. The van der Waals surface area contributed by atoms with Crippen LogP contribution in [0.1, 0.15) is 21.3 Å². The van der Waals surface area contributed by atoms with Crippen LogP contribution in [0.3, 0.4) is 0 Å². The Kier molecular flexibility index (Phi) is 5.64. The van der Waals surface area contributed by atoms with Crippen molar-refractivity contribution < 1.29 is 14.3 Å². The van der Waals surface area contributed by atoms with Gasteiger partial charge in [-0.2, -0.15) is 0 Å². The molecule has 0 bridgehead atoms. The van der Waals surface area contributed by atoms with E-state index >= 15 is 0 Å². The first-order chi connectivity index (χ1) is 13.7. The molecule has 7 heteroatoms. The van der Waals surface area contributed by atoms with Gasteiger partial charge in [0.2, 0.25) is 0 Å². The fraction of sp³-hybridized carbons (Fsp3) is 0.190. The summed E-state index contributed by atoms with van der Waals surface area (Å²) in [6, 6.07) is 15.7. The van der Waals surface area contributed by atoms with Crippen molar-refractivity contribution in [2.45, 2.75) is 26.6 Å². The average Bonchev–Trinajstić information content (AvgIpc) is 3.32. The number of ether oxygens (including phenoxy) is 2. The zero-order chi connectivity index (χ0) is 19.3. The van der Waals surface area contributed by atoms with Crippen molar-refractivity contribution >= 4 is 38.9 Å². The average molecular weight is 411 g/mol. The summed E-state index contributed by atoms with van der Waals surface area (Å²) in [5, 5.41) is 3.49. The number of nitrogens with zero attached hydrogens (tertiary/aromatic N) is 2. The molecule has 5 nitrogen and oxygen atoms in total. The van der Waals surface area contributed by atoms with E-state index in [-0.39, 0.29) is 19.0 Å². The Labute approximate surface area is 170 Å². The summed E-state index contributed by atoms with van der Waals surface area (Å²) in [4.78, 5) is 21.0. The second kappa shape index (κ2) is 8.50. The number of aromatic nitrogens is 2. The predicted molar refractivity (Wildman–Crippen MR) is 111 cm³/mol. The summed E-state index contributed by atoms with van der Waals surface area (Å²) < 4.78 is 12.2. The molecule has 0 atom stereocenters. The highest BCUT2D eigenvalue weighted by Gasteiger charge is 2.11. The smallest absolute Gasteiger partial charge is 0.312 e. The molecule has 0 radical (unpaired) electrons. The van der Waals surface area contributed by atoms with Crippen LogP contribution in [0, 0.1) is 6.92 Å². The molecule has 0 aliphatic rings. The molecule has 0 amide bonds. The third-order valence-electron chi connectivity index (χ3n) is 4.00. The van der Waals surface area contributed by atoms with Crippen molar-refractivity contribution in [1.82, 2.24) is 9.97 Å². The summed E-state index contributed by atoms with van der Waals surface area (Å²) >= 11 is 3.01. The molecular formula is C21H18N2O3S2. The van der Waals surface area contributed by atoms with Gasteiger partial charge in [-0.05, 0) is 31.2 Å². The Bertz CT molecular complexity index is 1050. The molecule has 4 aromatic rings. The van der Waals surface area contributed by atoms with E-state index in [0.717, 1.165) is 26.0 Å². The van der Waals surface area contributed by atoms with Crippen molar-refractivity contribution in [1.29, 1.82) is 0 Å². The normalized spacial score (nSPS) is 10.9. The fourth-order valence-electron chi connectivity index (χ4n) is 2.60. The van der Waals surface area contributed by atoms with Crippen LogP contribution in [-0.2, 0) is 29.2 Å². The second-order valence-corrected chi connectivity index (χ2v) is 8.30. The van der Waals surface area contributed by atoms with Gasteiger partial charge in [-0.25, -0.2) is 9.97 Å². The Balaban J connectivity index is 1.27. The maximum atomic E-state index is 12.1. The number of carbonyl (C=O) groups is 1. The van der Waals surface area contributed by atoms with Gasteiger partial charge < -0.3 is 9.47 Å². The van der Waals surface area contributed by atoms with Gasteiger partial charge in [0.05, 0.1) is 22.3 Å². The SMILES string of the molecule is Cc1ccc(OCc2nc(CC(=O)OCc3nc4ccccc4s3)cs2)cc1. The first kappa shape index (κ1) is 18.6. The molecular weight excluding hydrogens is 392 g/mol. The zero-order valence-corrected chi connectivity index (χ0v) is 16.9. The van der Waals surface area contributed by atoms with E-state index < -0.39 is 0 Å². The molecule has 0 saturated heterocycles. The Morgan fingerprint density at radius 3 is 2.64 bits per heavy atom. The molecule has 2 aromatic carbocycles. The van der Waals surface area contributed by atoms with Crippen LogP contribution in [0.4, 0.5) is 0 Å². The Morgan fingerprint density at radius 2 is 1.82 bits per heavy atom. The molecule has 28 heavy (non-hydrogen) atoms. The van der Waals surface area contributed by atoms with Crippen LogP contribution in [0.15, 0.2) is 53.9 Å². The van der Waals surface area contributed by atoms with Gasteiger partial charge in [-0.1, -0.05) is 29.8 Å². The predicted octanol–water partition coefficient (Wildman–Crippen LogP) is 4.93. The van der Waals surface area contributed by atoms with Crippen LogP contribution in [0.5, 0.6) is 5.75 Å². The van der Waals surface area contributed by atoms with Crippen molar-refractivity contribution in [3.05, 3.63) is 75.2 Å². The first-order valence-electron chi connectivity index (χ1n) is 8.78. The molecule has 0 aliphatic heterocycles. The minimum Gasteiger partial charge on any atom is -0.486 e. The minimum absolute atomic E-state index is 0.145. The van der Waals surface area contributed by atoms with Gasteiger partial charge in [0.1, 0.15) is 29.0 Å². The standard InChI is InChI=1S/C21H18N2O3S2/c1-14-6-8-16(9-7-14)25-11-19-22-15(13-27-19)10-21(24)26-12-20-23-17-4-2-3-5-18(17)28-20/h2-9,13H,10-12H2,1H3. The maximum absolute atomic E-state index is 12.1. The highest BCUT2D eigenvalue weighted by molar-refractivity contribution is 7.18. The van der Waals surface area contributed by atoms with E-state index in [0.29, 0.717) is 12.3 Å². The van der Waals surface area contributed by atoms with Crippen LogP contribution in [0.25, 0.3) is 10.2 Å². The van der Waals surface area contributed by atoms with Crippen LogP contribution in [-0.4, -0.2) is 15.9 Å². The van der Waals surface area contributed by atoms with E-state index in [4.69, 9.17) is 9.47 Å². The topological polar surface area (TPSA) is 61.3 Å². The summed E-state index contributed by atoms with van der Waals surface area (Å²) in [6.07, 6.45) is 0.145. The molecule has 0 unspecified atom stereocenters. The van der Waals surface area contributed by atoms with Crippen LogP contribution < -0.4 is 4.74 Å². The molecule has 0 aliphatic carbocycles. The van der Waals surface area contributed by atoms with Crippen molar-refractivity contribution in [3.63, 3.8) is 0 Å². The number of fused-ring (bicyclic) bond motifs is 1. The lowest BCUT2D eigenvalue weighted by Gasteiger charge is -2.04. The van der Waals surface area contributed by atoms with E-state index in [1.165, 1.54) is 28.2 Å². The van der Waals surface area contributed by atoms with Gasteiger partial charge in [-0.3, -0.25) is 4.79 Å². The number of aryl methyl sites for hydroxylation is 1. The summed E-state index contributed by atoms with van der Waals surface area (Å²) in [5.41, 5.74) is 2.81. The monoisotopic (exact) mass is 410 g/mol. The summed E-state index contributed by atoms with van der Waals surface area (Å²) in [6.45, 7) is 2.60.